The van der Waals surface area contributed by atoms with Crippen LogP contribution in [0.4, 0.5) is 17.3 Å². The monoisotopic (exact) mass is 355 g/mol. The van der Waals surface area contributed by atoms with Crippen LogP contribution in [-0.2, 0) is 6.42 Å². The van der Waals surface area contributed by atoms with E-state index in [1.54, 1.807) is 6.07 Å². The molecule has 0 atom stereocenters. The number of nitrogens with zero attached hydrogens (tertiary/aromatic N) is 2. The minimum absolute atomic E-state index is 0.573. The summed E-state index contributed by atoms with van der Waals surface area (Å²) in [5, 5.41) is 3.86. The van der Waals surface area contributed by atoms with Crippen molar-refractivity contribution in [2.45, 2.75) is 19.8 Å². The van der Waals surface area contributed by atoms with E-state index < -0.39 is 0 Å². The average Bonchev–Trinajstić information content (AvgIpc) is 2.43. The van der Waals surface area contributed by atoms with Gasteiger partial charge in [-0.25, -0.2) is 15.8 Å². The van der Waals surface area contributed by atoms with Gasteiger partial charge in [0.05, 0.1) is 5.69 Å². The molecular weight excluding hydrogens is 342 g/mol. The van der Waals surface area contributed by atoms with E-state index in [-0.39, 0.29) is 0 Å². The van der Waals surface area contributed by atoms with Crippen LogP contribution in [0.1, 0.15) is 19.2 Å². The summed E-state index contributed by atoms with van der Waals surface area (Å²) < 4.78 is 0.903. The van der Waals surface area contributed by atoms with E-state index in [4.69, 9.17) is 17.4 Å². The molecule has 0 unspecified atom stereocenters. The zero-order valence-corrected chi connectivity index (χ0v) is 13.3. The van der Waals surface area contributed by atoms with Crippen LogP contribution in [0.3, 0.4) is 0 Å². The zero-order chi connectivity index (χ0) is 14.5. The van der Waals surface area contributed by atoms with Gasteiger partial charge in [0.2, 0.25) is 0 Å². The predicted molar refractivity (Wildman–Crippen MR) is 86.3 cm³/mol. The molecule has 106 valence electrons. The van der Waals surface area contributed by atoms with Crippen LogP contribution in [-0.4, -0.2) is 9.97 Å². The SMILES string of the molecule is CCCc1nc(NN)cc(Nc2cc(Cl)ccc2Br)n1. The lowest BCUT2D eigenvalue weighted by molar-refractivity contribution is 0.837. The van der Waals surface area contributed by atoms with E-state index in [2.05, 4.69) is 43.6 Å². The second-order valence-electron chi connectivity index (χ2n) is 4.20. The van der Waals surface area contributed by atoms with E-state index in [0.717, 1.165) is 28.8 Å². The van der Waals surface area contributed by atoms with Crippen LogP contribution >= 0.6 is 27.5 Å². The van der Waals surface area contributed by atoms with Crippen molar-refractivity contribution in [2.75, 3.05) is 10.7 Å². The molecule has 1 heterocycles. The molecular formula is C13H15BrClN5. The van der Waals surface area contributed by atoms with Crippen molar-refractivity contribution in [3.05, 3.63) is 39.6 Å². The molecule has 0 bridgehead atoms. The maximum absolute atomic E-state index is 6.00. The van der Waals surface area contributed by atoms with Gasteiger partial charge in [-0.2, -0.15) is 0 Å². The maximum Gasteiger partial charge on any atom is 0.145 e. The molecule has 1 aromatic heterocycles. The quantitative estimate of drug-likeness (QED) is 0.560. The third-order valence-electron chi connectivity index (χ3n) is 2.59. The maximum atomic E-state index is 6.00. The molecule has 20 heavy (non-hydrogen) atoms. The van der Waals surface area contributed by atoms with E-state index in [0.29, 0.717) is 16.7 Å². The minimum atomic E-state index is 0.573. The molecule has 7 heteroatoms. The van der Waals surface area contributed by atoms with Crippen molar-refractivity contribution in [1.82, 2.24) is 9.97 Å². The third kappa shape index (κ3) is 3.82. The highest BCUT2D eigenvalue weighted by Crippen LogP contribution is 2.28. The lowest BCUT2D eigenvalue weighted by Gasteiger charge is -2.11. The van der Waals surface area contributed by atoms with Gasteiger partial charge in [-0.1, -0.05) is 18.5 Å². The number of anilines is 3. The van der Waals surface area contributed by atoms with Crippen LogP contribution in [0.5, 0.6) is 0 Å². The first-order chi connectivity index (χ1) is 9.62. The largest absolute Gasteiger partial charge is 0.339 e. The second-order valence-corrected chi connectivity index (χ2v) is 5.49. The molecule has 2 rings (SSSR count). The van der Waals surface area contributed by atoms with Crippen LogP contribution < -0.4 is 16.6 Å². The highest BCUT2D eigenvalue weighted by atomic mass is 79.9. The number of halogens is 2. The van der Waals surface area contributed by atoms with Crippen molar-refractivity contribution < 1.29 is 0 Å². The van der Waals surface area contributed by atoms with Crippen molar-refractivity contribution in [3.63, 3.8) is 0 Å². The first-order valence-electron chi connectivity index (χ1n) is 6.19. The lowest BCUT2D eigenvalue weighted by Crippen LogP contribution is -2.11. The Labute approximate surface area is 131 Å². The van der Waals surface area contributed by atoms with E-state index in [1.165, 1.54) is 0 Å². The van der Waals surface area contributed by atoms with Gasteiger partial charge in [-0.05, 0) is 40.5 Å². The molecule has 4 N–H and O–H groups in total. The van der Waals surface area contributed by atoms with Gasteiger partial charge in [0, 0.05) is 22.0 Å². The first kappa shape index (κ1) is 15.0. The van der Waals surface area contributed by atoms with Gasteiger partial charge in [0.25, 0.3) is 0 Å². The Hall–Kier alpha value is -1.37. The molecule has 0 aliphatic rings. The van der Waals surface area contributed by atoms with Gasteiger partial charge < -0.3 is 10.7 Å². The first-order valence-corrected chi connectivity index (χ1v) is 7.36. The Morgan fingerprint density at radius 1 is 1.25 bits per heavy atom. The fourth-order valence-electron chi connectivity index (χ4n) is 1.70. The fourth-order valence-corrected chi connectivity index (χ4v) is 2.22. The highest BCUT2D eigenvalue weighted by Gasteiger charge is 2.06. The molecule has 0 saturated carbocycles. The summed E-state index contributed by atoms with van der Waals surface area (Å²) in [4.78, 5) is 8.75. The number of hydrazine groups is 1. The molecule has 5 nitrogen and oxygen atoms in total. The molecule has 0 aliphatic carbocycles. The number of hydrogen-bond donors (Lipinski definition) is 3. The zero-order valence-electron chi connectivity index (χ0n) is 11.0. The summed E-state index contributed by atoms with van der Waals surface area (Å²) in [5.41, 5.74) is 3.38. The molecule has 0 saturated heterocycles. The number of hydrogen-bond acceptors (Lipinski definition) is 5. The summed E-state index contributed by atoms with van der Waals surface area (Å²) in [6, 6.07) is 7.25. The van der Waals surface area contributed by atoms with Crippen LogP contribution in [0, 0.1) is 0 Å². The topological polar surface area (TPSA) is 75.9 Å². The smallest absolute Gasteiger partial charge is 0.145 e. The van der Waals surface area contributed by atoms with Gasteiger partial charge in [0.15, 0.2) is 0 Å². The molecule has 1 aromatic carbocycles. The fraction of sp³-hybridized carbons (Fsp3) is 0.231. The van der Waals surface area contributed by atoms with Crippen molar-refractivity contribution in [3.8, 4) is 0 Å². The average molecular weight is 357 g/mol. The Balaban J connectivity index is 2.32. The summed E-state index contributed by atoms with van der Waals surface area (Å²) in [6.45, 7) is 2.08. The van der Waals surface area contributed by atoms with E-state index in [1.807, 2.05) is 18.2 Å². The number of aryl methyl sites for hydroxylation is 1. The predicted octanol–water partition coefficient (Wildman–Crippen LogP) is 3.87. The number of nitrogens with one attached hydrogen (secondary N) is 2. The lowest BCUT2D eigenvalue weighted by atomic mass is 10.3. The van der Waals surface area contributed by atoms with Crippen LogP contribution in [0.15, 0.2) is 28.7 Å². The highest BCUT2D eigenvalue weighted by molar-refractivity contribution is 9.10. The van der Waals surface area contributed by atoms with Crippen molar-refractivity contribution in [1.29, 1.82) is 0 Å². The normalized spacial score (nSPS) is 10.4. The Morgan fingerprint density at radius 2 is 2.00 bits per heavy atom. The molecule has 0 spiro atoms. The molecule has 0 amide bonds. The summed E-state index contributed by atoms with van der Waals surface area (Å²) in [7, 11) is 0. The van der Waals surface area contributed by atoms with Gasteiger partial charge in [0.1, 0.15) is 17.5 Å². The van der Waals surface area contributed by atoms with Crippen molar-refractivity contribution >= 4 is 44.9 Å². The van der Waals surface area contributed by atoms with E-state index >= 15 is 0 Å². The van der Waals surface area contributed by atoms with Gasteiger partial charge in [-0.3, -0.25) is 0 Å². The van der Waals surface area contributed by atoms with Gasteiger partial charge in [-0.15, -0.1) is 0 Å². The standard InChI is InChI=1S/C13H15BrClN5/c1-2-3-11-18-12(7-13(19-11)20-16)17-10-6-8(15)4-5-9(10)14/h4-7H,2-3,16H2,1H3,(H2,17,18,19,20). The summed E-state index contributed by atoms with van der Waals surface area (Å²) in [5.74, 6) is 7.41. The van der Waals surface area contributed by atoms with Gasteiger partial charge >= 0.3 is 0 Å². The third-order valence-corrected chi connectivity index (χ3v) is 3.51. The van der Waals surface area contributed by atoms with Crippen molar-refractivity contribution in [2.24, 2.45) is 5.84 Å². The Morgan fingerprint density at radius 3 is 2.70 bits per heavy atom. The number of rotatable bonds is 5. The number of nitrogen functional groups attached to an aromatic ring is 1. The number of benzene rings is 1. The molecule has 2 aromatic rings. The van der Waals surface area contributed by atoms with E-state index in [9.17, 15) is 0 Å². The van der Waals surface area contributed by atoms with Crippen LogP contribution in [0.2, 0.25) is 5.02 Å². The Bertz CT molecular complexity index is 605. The minimum Gasteiger partial charge on any atom is -0.339 e. The number of aromatic nitrogens is 2. The van der Waals surface area contributed by atoms with Crippen LogP contribution in [0.25, 0.3) is 0 Å². The molecule has 0 fully saturated rings. The molecule has 0 radical (unpaired) electrons. The Kier molecular flexibility index (Phi) is 5.17. The molecule has 0 aliphatic heterocycles. The second kappa shape index (κ2) is 6.88. The number of nitrogens with two attached hydrogens (primary N) is 1. The summed E-state index contributed by atoms with van der Waals surface area (Å²) in [6.07, 6.45) is 1.76. The summed E-state index contributed by atoms with van der Waals surface area (Å²) >= 11 is 9.46.